The molecule has 0 aliphatic carbocycles. The Bertz CT molecular complexity index is 2460. The number of thiazole rings is 1. The van der Waals surface area contributed by atoms with Crippen molar-refractivity contribution in [3.63, 3.8) is 0 Å². The number of rotatable bonds is 10. The van der Waals surface area contributed by atoms with E-state index in [4.69, 9.17) is 14.5 Å². The first-order valence-electron chi connectivity index (χ1n) is 17.3. The largest absolute Gasteiger partial charge is 0.497 e. The van der Waals surface area contributed by atoms with Crippen molar-refractivity contribution in [2.24, 2.45) is 4.99 Å². The van der Waals surface area contributed by atoms with Crippen LogP contribution in [0.25, 0.3) is 34.3 Å². The van der Waals surface area contributed by atoms with Crippen molar-refractivity contribution in [2.75, 3.05) is 27.3 Å². The number of allylic oxidation sites excluding steroid dienone is 1. The van der Waals surface area contributed by atoms with Gasteiger partial charge in [-0.3, -0.25) is 14.2 Å². The molecule has 1 amide bonds. The third-order valence-electron chi connectivity index (χ3n) is 9.48. The average molecular weight is 709 g/mol. The molecule has 3 heterocycles. The fourth-order valence-corrected chi connectivity index (χ4v) is 8.00. The summed E-state index contributed by atoms with van der Waals surface area (Å²) < 4.78 is 15.9. The summed E-state index contributed by atoms with van der Waals surface area (Å²) in [6.45, 7) is 6.77. The molecular weight excluding hydrogens is 669 g/mol. The van der Waals surface area contributed by atoms with E-state index < -0.39 is 6.04 Å². The van der Waals surface area contributed by atoms with Crippen LogP contribution >= 0.6 is 11.3 Å². The number of fused-ring (bicyclic) bond motifs is 1. The molecule has 0 bridgehead atoms. The van der Waals surface area contributed by atoms with E-state index in [2.05, 4.69) is 47.0 Å². The minimum atomic E-state index is -0.793. The maximum atomic E-state index is 14.9. The molecule has 1 atom stereocenters. The van der Waals surface area contributed by atoms with Crippen molar-refractivity contribution in [2.45, 2.75) is 26.8 Å². The van der Waals surface area contributed by atoms with E-state index >= 15 is 0 Å². The lowest BCUT2D eigenvalue weighted by Gasteiger charge is -2.30. The molecule has 8 nitrogen and oxygen atoms in total. The topological polar surface area (TPSA) is 78.1 Å². The van der Waals surface area contributed by atoms with E-state index in [1.165, 1.54) is 11.3 Å². The molecule has 262 valence electrons. The Morgan fingerprint density at radius 3 is 2.10 bits per heavy atom. The molecule has 0 saturated heterocycles. The van der Waals surface area contributed by atoms with Gasteiger partial charge in [-0.1, -0.05) is 90.2 Å². The summed E-state index contributed by atoms with van der Waals surface area (Å²) >= 11 is 1.31. The van der Waals surface area contributed by atoms with Crippen LogP contribution in [0.4, 0.5) is 0 Å². The number of hydrogen-bond donors (Lipinski definition) is 0. The zero-order chi connectivity index (χ0) is 36.4. The lowest BCUT2D eigenvalue weighted by molar-refractivity contribution is -0.127. The number of aromatic nitrogens is 2. The first kappa shape index (κ1) is 34.5. The molecule has 0 fully saturated rings. The van der Waals surface area contributed by atoms with E-state index in [0.717, 1.165) is 33.8 Å². The number of ether oxygens (including phenoxy) is 2. The predicted octanol–water partition coefficient (Wildman–Crippen LogP) is 7.25. The summed E-state index contributed by atoms with van der Waals surface area (Å²) in [6.07, 6.45) is 1.96. The van der Waals surface area contributed by atoms with Gasteiger partial charge in [-0.15, -0.1) is 0 Å². The second-order valence-electron chi connectivity index (χ2n) is 12.4. The van der Waals surface area contributed by atoms with Crippen molar-refractivity contribution < 1.29 is 14.3 Å². The van der Waals surface area contributed by atoms with Gasteiger partial charge in [0.2, 0.25) is 0 Å². The number of hydrogen-bond acceptors (Lipinski definition) is 6. The van der Waals surface area contributed by atoms with Crippen LogP contribution in [0, 0.1) is 0 Å². The van der Waals surface area contributed by atoms with Gasteiger partial charge in [0.1, 0.15) is 17.5 Å². The first-order valence-corrected chi connectivity index (χ1v) is 18.2. The Morgan fingerprint density at radius 1 is 0.846 bits per heavy atom. The smallest absolute Gasteiger partial charge is 0.271 e. The van der Waals surface area contributed by atoms with Crippen LogP contribution in [0.5, 0.6) is 11.5 Å². The number of carbonyl (C=O) groups is 1. The van der Waals surface area contributed by atoms with Gasteiger partial charge in [-0.05, 0) is 74.4 Å². The normalized spacial score (nSPS) is 14.2. The van der Waals surface area contributed by atoms with Crippen LogP contribution in [0.3, 0.4) is 0 Å². The Labute approximate surface area is 306 Å². The summed E-state index contributed by atoms with van der Waals surface area (Å²) in [4.78, 5) is 36.3. The van der Waals surface area contributed by atoms with Gasteiger partial charge in [0, 0.05) is 29.9 Å². The third-order valence-corrected chi connectivity index (χ3v) is 10.5. The van der Waals surface area contributed by atoms with Gasteiger partial charge in [-0.2, -0.15) is 0 Å². The van der Waals surface area contributed by atoms with Gasteiger partial charge >= 0.3 is 0 Å². The monoisotopic (exact) mass is 708 g/mol. The summed E-state index contributed by atoms with van der Waals surface area (Å²) in [5, 5.41) is 0. The zero-order valence-electron chi connectivity index (χ0n) is 29.9. The second-order valence-corrected chi connectivity index (χ2v) is 13.4. The fourth-order valence-electron chi connectivity index (χ4n) is 6.96. The molecule has 2 aromatic heterocycles. The van der Waals surface area contributed by atoms with Crippen LogP contribution < -0.4 is 24.4 Å². The highest BCUT2D eigenvalue weighted by atomic mass is 32.1. The fraction of sp³-hybridized carbons (Fsp3) is 0.186. The number of likely N-dealkylation sites (N-methyl/N-ethyl adjacent to an activating group) is 1. The predicted molar refractivity (Wildman–Crippen MR) is 208 cm³/mol. The minimum absolute atomic E-state index is 0.172. The molecular formula is C43H40N4O4S. The lowest BCUT2D eigenvalue weighted by atomic mass is 9.93. The van der Waals surface area contributed by atoms with Gasteiger partial charge in [0.25, 0.3) is 11.5 Å². The van der Waals surface area contributed by atoms with Gasteiger partial charge in [-0.25, -0.2) is 4.99 Å². The number of nitrogens with zero attached hydrogens (tertiary/aromatic N) is 4. The van der Waals surface area contributed by atoms with E-state index in [0.29, 0.717) is 50.8 Å². The van der Waals surface area contributed by atoms with Crippen molar-refractivity contribution in [3.8, 4) is 39.7 Å². The summed E-state index contributed by atoms with van der Waals surface area (Å²) in [7, 11) is 3.18. The molecule has 52 heavy (non-hydrogen) atoms. The molecule has 7 rings (SSSR count). The molecule has 0 spiro atoms. The van der Waals surface area contributed by atoms with E-state index in [-0.39, 0.29) is 11.5 Å². The highest BCUT2D eigenvalue weighted by Gasteiger charge is 2.36. The van der Waals surface area contributed by atoms with Crippen LogP contribution in [-0.4, -0.2) is 47.3 Å². The van der Waals surface area contributed by atoms with E-state index in [9.17, 15) is 9.59 Å². The Hall–Kier alpha value is -5.93. The lowest BCUT2D eigenvalue weighted by Crippen LogP contribution is -2.43. The summed E-state index contributed by atoms with van der Waals surface area (Å²) in [6, 6.07) is 37.6. The maximum Gasteiger partial charge on any atom is 0.271 e. The molecule has 0 radical (unpaired) electrons. The standard InChI is InChI=1S/C43H40N4O4S/c1-6-45(7-2)42(49)38-28(3)44-43-47(40(38)34-27-33(50-4)23-24-36(34)51-5)41(48)37(52-43)26-31-25-35(29-17-11-8-12-18-29)46(32-21-15-10-16-22-32)39(31)30-19-13-9-14-20-30/h8-27,40H,6-7H2,1-5H3/b37-26+/t40-/m1/s1. The average Bonchev–Trinajstić information content (AvgIpc) is 3.72. The maximum absolute atomic E-state index is 14.9. The molecule has 1 aliphatic heterocycles. The van der Waals surface area contributed by atoms with Gasteiger partial charge in [0.15, 0.2) is 4.80 Å². The van der Waals surface area contributed by atoms with Gasteiger partial charge in [0.05, 0.1) is 41.4 Å². The minimum Gasteiger partial charge on any atom is -0.497 e. The van der Waals surface area contributed by atoms with Crippen molar-refractivity contribution in [3.05, 3.63) is 157 Å². The van der Waals surface area contributed by atoms with E-state index in [1.807, 2.05) is 93.6 Å². The molecule has 9 heteroatoms. The molecule has 0 unspecified atom stereocenters. The molecule has 1 aliphatic rings. The number of amides is 1. The van der Waals surface area contributed by atoms with Crippen LogP contribution in [-0.2, 0) is 4.79 Å². The third kappa shape index (κ3) is 6.17. The number of benzene rings is 4. The number of para-hydroxylation sites is 1. The highest BCUT2D eigenvalue weighted by molar-refractivity contribution is 7.07. The van der Waals surface area contributed by atoms with Crippen molar-refractivity contribution in [1.82, 2.24) is 14.0 Å². The van der Waals surface area contributed by atoms with E-state index in [1.54, 1.807) is 29.8 Å². The summed E-state index contributed by atoms with van der Waals surface area (Å²) in [5.41, 5.74) is 7.27. The van der Waals surface area contributed by atoms with Crippen LogP contribution in [0.15, 0.2) is 136 Å². The summed E-state index contributed by atoms with van der Waals surface area (Å²) in [5.74, 6) is 0.957. The Morgan fingerprint density at radius 2 is 1.48 bits per heavy atom. The van der Waals surface area contributed by atoms with Crippen molar-refractivity contribution in [1.29, 1.82) is 0 Å². The highest BCUT2D eigenvalue weighted by Crippen LogP contribution is 2.39. The van der Waals surface area contributed by atoms with Crippen molar-refractivity contribution >= 4 is 23.3 Å². The molecule has 0 saturated carbocycles. The van der Waals surface area contributed by atoms with Crippen LogP contribution in [0.2, 0.25) is 0 Å². The first-order chi connectivity index (χ1) is 25.4. The quantitative estimate of drug-likeness (QED) is 0.150. The second kappa shape index (κ2) is 14.7. The SMILES string of the molecule is CCN(CC)C(=O)C1=C(C)N=c2s/c(=C/c3cc(-c4ccccc4)n(-c4ccccc4)c3-c3ccccc3)c(=O)n2[C@@H]1c1cc(OC)ccc1OC. The Balaban J connectivity index is 1.52. The molecule has 6 aromatic rings. The Kier molecular flexibility index (Phi) is 9.78. The zero-order valence-corrected chi connectivity index (χ0v) is 30.7. The molecule has 0 N–H and O–H groups in total. The van der Waals surface area contributed by atoms with Crippen LogP contribution in [0.1, 0.15) is 37.9 Å². The number of carbonyl (C=O) groups excluding carboxylic acids is 1. The van der Waals surface area contributed by atoms with Gasteiger partial charge < -0.3 is 18.9 Å². The number of methoxy groups -OCH3 is 2. The molecule has 4 aromatic carbocycles.